The maximum absolute atomic E-state index is 12.5. The van der Waals surface area contributed by atoms with Gasteiger partial charge in [0.1, 0.15) is 22.9 Å². The summed E-state index contributed by atoms with van der Waals surface area (Å²) in [6.07, 6.45) is -0.871. The first-order valence-corrected chi connectivity index (χ1v) is 13.7. The number of hydrogen-bond acceptors (Lipinski definition) is 12. The van der Waals surface area contributed by atoms with E-state index in [0.29, 0.717) is 54.4 Å². The molecule has 5 rings (SSSR count). The summed E-state index contributed by atoms with van der Waals surface area (Å²) in [5.74, 6) is -2.00. The van der Waals surface area contributed by atoms with Crippen molar-refractivity contribution < 1.29 is 38.9 Å². The number of carboxylic acid groups (broad SMARTS) is 2. The molecule has 0 saturated heterocycles. The van der Waals surface area contributed by atoms with Crippen LogP contribution in [0.4, 0.5) is 0 Å². The van der Waals surface area contributed by atoms with Gasteiger partial charge in [-0.15, -0.1) is 22.7 Å². The molecule has 0 bridgehead atoms. The fourth-order valence-corrected chi connectivity index (χ4v) is 6.03. The van der Waals surface area contributed by atoms with Crippen molar-refractivity contribution in [2.45, 2.75) is 25.7 Å². The molecule has 15 heteroatoms. The second-order valence-electron chi connectivity index (χ2n) is 8.73. The summed E-state index contributed by atoms with van der Waals surface area (Å²) in [6, 6.07) is 6.90. The van der Waals surface area contributed by atoms with Crippen LogP contribution in [0.2, 0.25) is 0 Å². The van der Waals surface area contributed by atoms with Gasteiger partial charge in [0.25, 0.3) is 0 Å². The van der Waals surface area contributed by atoms with E-state index in [1.807, 2.05) is 0 Å². The lowest BCUT2D eigenvalue weighted by atomic mass is 10.0. The summed E-state index contributed by atoms with van der Waals surface area (Å²) in [4.78, 5) is 55.4. The van der Waals surface area contributed by atoms with Crippen LogP contribution in [0.15, 0.2) is 24.3 Å². The van der Waals surface area contributed by atoms with Crippen molar-refractivity contribution >= 4 is 66.6 Å². The van der Waals surface area contributed by atoms with Gasteiger partial charge in [-0.2, -0.15) is 15.4 Å². The lowest BCUT2D eigenvalue weighted by molar-refractivity contribution is -0.137. The maximum atomic E-state index is 12.5. The Balaban J connectivity index is 1.56. The third-order valence-corrected chi connectivity index (χ3v) is 8.20. The van der Waals surface area contributed by atoms with Crippen molar-refractivity contribution in [1.82, 2.24) is 25.4 Å². The van der Waals surface area contributed by atoms with E-state index in [2.05, 4.69) is 25.4 Å². The van der Waals surface area contributed by atoms with Crippen molar-refractivity contribution in [3.63, 3.8) is 0 Å². The minimum atomic E-state index is -1.06. The number of rotatable bonds is 12. The number of nitrogens with one attached hydrogen (secondary N) is 1. The number of carboxylic acids is 2. The number of thiazole rings is 2. The van der Waals surface area contributed by atoms with Crippen LogP contribution in [0, 0.1) is 0 Å². The van der Waals surface area contributed by atoms with Gasteiger partial charge >= 0.3 is 11.9 Å². The van der Waals surface area contributed by atoms with Crippen LogP contribution in [-0.2, 0) is 9.59 Å². The van der Waals surface area contributed by atoms with Crippen LogP contribution < -0.4 is 9.47 Å². The van der Waals surface area contributed by atoms with Crippen LogP contribution in [0.5, 0.6) is 11.5 Å². The number of ether oxygens (including phenoxy) is 2. The van der Waals surface area contributed by atoms with Crippen LogP contribution in [-0.4, -0.2) is 73.3 Å². The summed E-state index contributed by atoms with van der Waals surface area (Å²) in [6.45, 7) is 0. The first kappa shape index (κ1) is 27.8. The summed E-state index contributed by atoms with van der Waals surface area (Å²) in [7, 11) is 2.98. The molecule has 0 aliphatic heterocycles. The van der Waals surface area contributed by atoms with E-state index in [9.17, 15) is 19.2 Å². The standard InChI is InChI=1S/C26H21N5O8S2/c1-38-17-9-13-19(40-25(27-13)15(32)3-5-21(34)35)7-11(17)23-24(30-31-29-23)12-8-20-14(10-18(12)39-2)28-26(41-20)16(33)4-6-22(36)37/h7-10H,3-6H2,1-2H3,(H,34,35)(H,36,37)(H,29,30,31). The molecule has 5 aromatic rings. The van der Waals surface area contributed by atoms with E-state index in [0.717, 1.165) is 22.7 Å². The predicted octanol–water partition coefficient (Wildman–Crippen LogP) is 4.47. The number of carbonyl (C=O) groups is 4. The second kappa shape index (κ2) is 11.4. The van der Waals surface area contributed by atoms with Gasteiger partial charge in [0.15, 0.2) is 21.6 Å². The number of H-pyrrole nitrogens is 1. The van der Waals surface area contributed by atoms with Gasteiger partial charge in [0.2, 0.25) is 0 Å². The lowest BCUT2D eigenvalue weighted by Gasteiger charge is -2.10. The highest BCUT2D eigenvalue weighted by Gasteiger charge is 2.24. The number of fused-ring (bicyclic) bond motifs is 2. The zero-order chi connectivity index (χ0) is 29.3. The Labute approximate surface area is 238 Å². The van der Waals surface area contributed by atoms with Gasteiger partial charge in [0, 0.05) is 36.1 Å². The SMILES string of the molecule is COc1cc2nc(C(=O)CCC(=O)O)sc2cc1-c1n[nH]nc1-c1cc2sc(C(=O)CCC(=O)O)nc2cc1OC. The number of nitrogens with zero attached hydrogens (tertiary/aromatic N) is 4. The topological polar surface area (TPSA) is 195 Å². The van der Waals surface area contributed by atoms with Gasteiger partial charge in [-0.05, 0) is 12.1 Å². The Morgan fingerprint density at radius 1 is 0.707 bits per heavy atom. The molecule has 0 atom stereocenters. The number of hydrogen-bond donors (Lipinski definition) is 3. The largest absolute Gasteiger partial charge is 0.496 e. The highest BCUT2D eigenvalue weighted by Crippen LogP contribution is 2.42. The van der Waals surface area contributed by atoms with Crippen molar-refractivity contribution in [2.24, 2.45) is 0 Å². The normalized spacial score (nSPS) is 11.2. The number of methoxy groups -OCH3 is 2. The minimum Gasteiger partial charge on any atom is -0.496 e. The number of carbonyl (C=O) groups excluding carboxylic acids is 2. The molecule has 0 unspecified atom stereocenters. The molecule has 0 aliphatic rings. The molecule has 13 nitrogen and oxygen atoms in total. The summed E-state index contributed by atoms with van der Waals surface area (Å²) in [5.41, 5.74) is 3.01. The summed E-state index contributed by atoms with van der Waals surface area (Å²) in [5, 5.41) is 29.5. The van der Waals surface area contributed by atoms with Gasteiger partial charge in [0.05, 0.1) is 47.5 Å². The van der Waals surface area contributed by atoms with Gasteiger partial charge in [-0.1, -0.05) is 0 Å². The average Bonchev–Trinajstić information content (AvgIpc) is 3.70. The molecule has 0 amide bonds. The smallest absolute Gasteiger partial charge is 0.303 e. The quantitative estimate of drug-likeness (QED) is 0.172. The number of benzene rings is 2. The zero-order valence-electron chi connectivity index (χ0n) is 21.6. The molecule has 3 N–H and O–H groups in total. The van der Waals surface area contributed by atoms with Crippen LogP contribution in [0.25, 0.3) is 42.9 Å². The van der Waals surface area contributed by atoms with E-state index >= 15 is 0 Å². The fraction of sp³-hybridized carbons (Fsp3) is 0.231. The molecule has 3 aromatic heterocycles. The van der Waals surface area contributed by atoms with Gasteiger partial charge in [-0.3, -0.25) is 19.2 Å². The van der Waals surface area contributed by atoms with Crippen molar-refractivity contribution in [3.05, 3.63) is 34.3 Å². The van der Waals surface area contributed by atoms with Gasteiger partial charge < -0.3 is 19.7 Å². The van der Waals surface area contributed by atoms with E-state index in [-0.39, 0.29) is 47.3 Å². The molecule has 0 aliphatic carbocycles. The van der Waals surface area contributed by atoms with Gasteiger partial charge in [-0.25, -0.2) is 9.97 Å². The predicted molar refractivity (Wildman–Crippen MR) is 149 cm³/mol. The summed E-state index contributed by atoms with van der Waals surface area (Å²) >= 11 is 2.29. The summed E-state index contributed by atoms with van der Waals surface area (Å²) < 4.78 is 12.6. The van der Waals surface area contributed by atoms with Crippen molar-refractivity contribution in [3.8, 4) is 34.0 Å². The Morgan fingerprint density at radius 2 is 1.12 bits per heavy atom. The molecule has 0 radical (unpaired) electrons. The van der Waals surface area contributed by atoms with Crippen LogP contribution in [0.3, 0.4) is 0 Å². The molecule has 41 heavy (non-hydrogen) atoms. The Bertz CT molecular complexity index is 1710. The Morgan fingerprint density at radius 3 is 1.49 bits per heavy atom. The monoisotopic (exact) mass is 595 g/mol. The first-order chi connectivity index (χ1) is 19.7. The molecule has 0 fully saturated rings. The number of aromatic amines is 1. The zero-order valence-corrected chi connectivity index (χ0v) is 23.2. The number of aliphatic carboxylic acids is 2. The van der Waals surface area contributed by atoms with E-state index < -0.39 is 11.9 Å². The minimum absolute atomic E-state index is 0.153. The van der Waals surface area contributed by atoms with E-state index in [1.54, 1.807) is 24.3 Å². The Kier molecular flexibility index (Phi) is 7.72. The maximum Gasteiger partial charge on any atom is 0.303 e. The molecule has 2 aromatic carbocycles. The number of ketones is 2. The van der Waals surface area contributed by atoms with Crippen molar-refractivity contribution in [2.75, 3.05) is 14.2 Å². The number of Topliss-reactive ketones (excluding diaryl/α,β-unsaturated/α-hetero) is 2. The van der Waals surface area contributed by atoms with E-state index in [1.165, 1.54) is 14.2 Å². The molecular formula is C26H21N5O8S2. The lowest BCUT2D eigenvalue weighted by Crippen LogP contribution is -2.03. The molecule has 210 valence electrons. The molecule has 3 heterocycles. The van der Waals surface area contributed by atoms with Crippen LogP contribution in [0.1, 0.15) is 45.3 Å². The van der Waals surface area contributed by atoms with E-state index in [4.69, 9.17) is 19.7 Å². The third kappa shape index (κ3) is 5.62. The van der Waals surface area contributed by atoms with Crippen molar-refractivity contribution in [1.29, 1.82) is 0 Å². The fourth-order valence-electron chi connectivity index (χ4n) is 4.12. The average molecular weight is 596 g/mol. The molecular weight excluding hydrogens is 574 g/mol. The van der Waals surface area contributed by atoms with Crippen LogP contribution >= 0.6 is 22.7 Å². The highest BCUT2D eigenvalue weighted by atomic mass is 32.1. The molecule has 0 saturated carbocycles. The Hall–Kier alpha value is -4.76. The second-order valence-corrected chi connectivity index (χ2v) is 10.8. The third-order valence-electron chi connectivity index (χ3n) is 6.09. The highest BCUT2D eigenvalue weighted by molar-refractivity contribution is 7.20. The molecule has 0 spiro atoms. The number of aromatic nitrogens is 5. The first-order valence-electron chi connectivity index (χ1n) is 12.1.